The second-order valence-corrected chi connectivity index (χ2v) is 11.8. The lowest BCUT2D eigenvalue weighted by atomic mass is 10.1. The van der Waals surface area contributed by atoms with Crippen molar-refractivity contribution >= 4 is 59.8 Å². The molecule has 0 radical (unpaired) electrons. The van der Waals surface area contributed by atoms with Crippen LogP contribution >= 0.6 is 38.6 Å². The molecule has 3 heterocycles. The monoisotopic (exact) mass is 545 g/mol. The van der Waals surface area contributed by atoms with Crippen molar-refractivity contribution in [3.63, 3.8) is 0 Å². The third-order valence-corrected chi connectivity index (χ3v) is 9.22. The molecule has 0 spiro atoms. The standard InChI is InChI=1S/C18H17BrFN5O3S3/c19-11-5-6-14(20)13(9-11)16-23-24-18(30-16)22-17(26)21-12-3-1-7-25(10-12)31(27,28)15-4-2-8-29-15/h2,4-6,8-9,12H,1,3,7,10H2,(H2,21,22,24,26)/t12-/m1/s1. The van der Waals surface area contributed by atoms with Gasteiger partial charge in [-0.1, -0.05) is 33.3 Å². The fourth-order valence-corrected chi connectivity index (χ4v) is 6.96. The number of thiophene rings is 1. The van der Waals surface area contributed by atoms with Gasteiger partial charge >= 0.3 is 6.03 Å². The van der Waals surface area contributed by atoms with E-state index in [4.69, 9.17) is 0 Å². The Morgan fingerprint density at radius 2 is 2.13 bits per heavy atom. The lowest BCUT2D eigenvalue weighted by molar-refractivity contribution is 0.236. The number of piperidine rings is 1. The number of urea groups is 1. The summed E-state index contributed by atoms with van der Waals surface area (Å²) >= 11 is 5.50. The highest BCUT2D eigenvalue weighted by Crippen LogP contribution is 2.30. The Hall–Kier alpha value is -1.93. The number of aromatic nitrogens is 2. The molecule has 1 atom stereocenters. The molecule has 2 amide bonds. The minimum atomic E-state index is -3.56. The molecule has 2 aromatic heterocycles. The Morgan fingerprint density at radius 1 is 1.29 bits per heavy atom. The lowest BCUT2D eigenvalue weighted by Gasteiger charge is -2.31. The van der Waals surface area contributed by atoms with Crippen LogP contribution in [0, 0.1) is 5.82 Å². The van der Waals surface area contributed by atoms with Crippen molar-refractivity contribution in [2.24, 2.45) is 0 Å². The number of nitrogens with zero attached hydrogens (tertiary/aromatic N) is 3. The molecular formula is C18H17BrFN5O3S3. The molecule has 1 aliphatic rings. The molecule has 0 saturated carbocycles. The molecule has 0 unspecified atom stereocenters. The molecule has 1 saturated heterocycles. The van der Waals surface area contributed by atoms with Crippen molar-refractivity contribution in [3.8, 4) is 10.6 Å². The number of anilines is 1. The first-order valence-electron chi connectivity index (χ1n) is 9.23. The zero-order valence-electron chi connectivity index (χ0n) is 15.9. The van der Waals surface area contributed by atoms with Gasteiger partial charge in [0.1, 0.15) is 10.0 Å². The van der Waals surface area contributed by atoms with E-state index in [1.807, 2.05) is 0 Å². The third-order valence-electron chi connectivity index (χ3n) is 4.61. The molecule has 4 rings (SSSR count). The quantitative estimate of drug-likeness (QED) is 0.501. The molecule has 0 bridgehead atoms. The van der Waals surface area contributed by atoms with Crippen molar-refractivity contribution in [1.82, 2.24) is 19.8 Å². The number of hydrogen-bond donors (Lipinski definition) is 2. The van der Waals surface area contributed by atoms with Gasteiger partial charge < -0.3 is 5.32 Å². The number of sulfonamides is 1. The number of halogens is 2. The van der Waals surface area contributed by atoms with Gasteiger partial charge in [-0.25, -0.2) is 17.6 Å². The van der Waals surface area contributed by atoms with E-state index >= 15 is 0 Å². The first-order valence-corrected chi connectivity index (χ1v) is 13.2. The van der Waals surface area contributed by atoms with Gasteiger partial charge in [0, 0.05) is 29.2 Å². The number of carbonyl (C=O) groups is 1. The molecule has 31 heavy (non-hydrogen) atoms. The van der Waals surface area contributed by atoms with Crippen molar-refractivity contribution in [2.45, 2.75) is 23.1 Å². The highest BCUT2D eigenvalue weighted by atomic mass is 79.9. The maximum absolute atomic E-state index is 14.0. The Labute approximate surface area is 194 Å². The van der Waals surface area contributed by atoms with Crippen LogP contribution in [0.3, 0.4) is 0 Å². The molecule has 1 aromatic carbocycles. The average Bonchev–Trinajstić information content (AvgIpc) is 3.42. The zero-order valence-corrected chi connectivity index (χ0v) is 20.0. The van der Waals surface area contributed by atoms with Crippen LogP contribution in [0.4, 0.5) is 14.3 Å². The van der Waals surface area contributed by atoms with Crippen LogP contribution in [0.2, 0.25) is 0 Å². The molecule has 1 fully saturated rings. The minimum Gasteiger partial charge on any atom is -0.334 e. The summed E-state index contributed by atoms with van der Waals surface area (Å²) in [6.07, 6.45) is 1.30. The highest BCUT2D eigenvalue weighted by molar-refractivity contribution is 9.10. The molecule has 3 aromatic rings. The van der Waals surface area contributed by atoms with Crippen LogP contribution in [0.5, 0.6) is 0 Å². The second kappa shape index (κ2) is 9.28. The van der Waals surface area contributed by atoms with Crippen LogP contribution in [-0.4, -0.2) is 48.1 Å². The van der Waals surface area contributed by atoms with Gasteiger partial charge in [0.2, 0.25) is 5.13 Å². The largest absolute Gasteiger partial charge is 0.334 e. The van der Waals surface area contributed by atoms with Gasteiger partial charge in [0.25, 0.3) is 10.0 Å². The van der Waals surface area contributed by atoms with Gasteiger partial charge in [0.05, 0.1) is 0 Å². The van der Waals surface area contributed by atoms with Gasteiger partial charge in [0.15, 0.2) is 5.01 Å². The van der Waals surface area contributed by atoms with Crippen molar-refractivity contribution < 1.29 is 17.6 Å². The Bertz CT molecular complexity index is 1190. The summed E-state index contributed by atoms with van der Waals surface area (Å²) in [5.41, 5.74) is 0.280. The van der Waals surface area contributed by atoms with Crippen molar-refractivity contribution in [3.05, 3.63) is 46.0 Å². The summed E-state index contributed by atoms with van der Waals surface area (Å²) in [4.78, 5) is 12.4. The topological polar surface area (TPSA) is 104 Å². The number of hydrogen-bond acceptors (Lipinski definition) is 7. The smallest absolute Gasteiger partial charge is 0.321 e. The van der Waals surface area contributed by atoms with Crippen LogP contribution in [0.15, 0.2) is 44.4 Å². The van der Waals surface area contributed by atoms with E-state index in [1.165, 1.54) is 21.7 Å². The van der Waals surface area contributed by atoms with E-state index in [0.29, 0.717) is 33.1 Å². The van der Waals surface area contributed by atoms with Crippen molar-refractivity contribution in [2.75, 3.05) is 18.4 Å². The third kappa shape index (κ3) is 5.12. The predicted octanol–water partition coefficient (Wildman–Crippen LogP) is 4.14. The summed E-state index contributed by atoms with van der Waals surface area (Å²) in [6, 6.07) is 6.91. The highest BCUT2D eigenvalue weighted by Gasteiger charge is 2.31. The summed E-state index contributed by atoms with van der Waals surface area (Å²) in [5, 5.41) is 15.5. The first kappa shape index (κ1) is 22.3. The Kier molecular flexibility index (Phi) is 6.67. The average molecular weight is 546 g/mol. The second-order valence-electron chi connectivity index (χ2n) is 6.77. The Morgan fingerprint density at radius 3 is 2.90 bits per heavy atom. The molecule has 164 valence electrons. The normalized spacial score (nSPS) is 17.4. The zero-order chi connectivity index (χ0) is 22.0. The summed E-state index contributed by atoms with van der Waals surface area (Å²) in [5.74, 6) is -0.440. The first-order chi connectivity index (χ1) is 14.8. The van der Waals surface area contributed by atoms with E-state index in [2.05, 4.69) is 36.8 Å². The van der Waals surface area contributed by atoms with Gasteiger partial charge in [-0.3, -0.25) is 5.32 Å². The number of rotatable bonds is 5. The summed E-state index contributed by atoms with van der Waals surface area (Å²) in [7, 11) is -3.56. The lowest BCUT2D eigenvalue weighted by Crippen LogP contribution is -2.50. The Balaban J connectivity index is 1.38. The van der Waals surface area contributed by atoms with Crippen LogP contribution in [0.25, 0.3) is 10.6 Å². The summed E-state index contributed by atoms with van der Waals surface area (Å²) < 4.78 is 41.9. The summed E-state index contributed by atoms with van der Waals surface area (Å²) in [6.45, 7) is 0.607. The maximum atomic E-state index is 14.0. The SMILES string of the molecule is O=C(Nc1nnc(-c2cc(Br)ccc2F)s1)N[C@@H]1CCCN(S(=O)(=O)c2cccs2)C1. The number of carbonyl (C=O) groups excluding carboxylic acids is 1. The minimum absolute atomic E-state index is 0.193. The molecule has 2 N–H and O–H groups in total. The number of nitrogens with one attached hydrogen (secondary N) is 2. The van der Waals surface area contributed by atoms with E-state index in [0.717, 1.165) is 11.3 Å². The van der Waals surface area contributed by atoms with Crippen LogP contribution in [-0.2, 0) is 10.0 Å². The van der Waals surface area contributed by atoms with Crippen LogP contribution in [0.1, 0.15) is 12.8 Å². The number of benzene rings is 1. The molecule has 8 nitrogen and oxygen atoms in total. The van der Waals surface area contributed by atoms with E-state index in [9.17, 15) is 17.6 Å². The predicted molar refractivity (Wildman–Crippen MR) is 121 cm³/mol. The maximum Gasteiger partial charge on any atom is 0.321 e. The van der Waals surface area contributed by atoms with E-state index < -0.39 is 21.9 Å². The van der Waals surface area contributed by atoms with Gasteiger partial charge in [-0.15, -0.1) is 21.5 Å². The molecule has 0 aliphatic carbocycles. The van der Waals surface area contributed by atoms with Crippen LogP contribution < -0.4 is 10.6 Å². The van der Waals surface area contributed by atoms with Crippen molar-refractivity contribution in [1.29, 1.82) is 0 Å². The molecule has 13 heteroatoms. The fourth-order valence-electron chi connectivity index (χ4n) is 3.18. The molecule has 1 aliphatic heterocycles. The van der Waals surface area contributed by atoms with Gasteiger partial charge in [-0.2, -0.15) is 4.31 Å². The van der Waals surface area contributed by atoms with E-state index in [1.54, 1.807) is 29.6 Å². The van der Waals surface area contributed by atoms with E-state index in [-0.39, 0.29) is 23.3 Å². The fraction of sp³-hybridized carbons (Fsp3) is 0.278. The number of amides is 2. The van der Waals surface area contributed by atoms with Gasteiger partial charge in [-0.05, 0) is 42.5 Å². The molecular weight excluding hydrogens is 529 g/mol.